The second-order valence-electron chi connectivity index (χ2n) is 10.5. The van der Waals surface area contributed by atoms with Crippen LogP contribution in [0.1, 0.15) is 85.9 Å². The second-order valence-corrected chi connectivity index (χ2v) is 10.5. The fraction of sp³-hybridized carbons (Fsp3) is 0.282. The van der Waals surface area contributed by atoms with Gasteiger partial charge in [0, 0.05) is 12.1 Å². The highest BCUT2D eigenvalue weighted by atomic mass is 16.5. The number of amides is 1. The number of rotatable bonds is 21. The number of ketones is 1. The van der Waals surface area contributed by atoms with Crippen molar-refractivity contribution in [1.29, 1.82) is 0 Å². The average molecular weight is 652 g/mol. The third kappa shape index (κ3) is 17.3. The molecule has 0 aliphatic heterocycles. The highest BCUT2D eigenvalue weighted by Crippen LogP contribution is 2.27. The molecule has 0 bridgehead atoms. The van der Waals surface area contributed by atoms with E-state index in [0.717, 1.165) is 32.1 Å². The molecular formula is C39H45N3O6. The molecule has 1 amide bonds. The van der Waals surface area contributed by atoms with Crippen molar-refractivity contribution < 1.29 is 29.0 Å². The average Bonchev–Trinajstić information content (AvgIpc) is 3.07. The Morgan fingerprint density at radius 2 is 1.21 bits per heavy atom. The van der Waals surface area contributed by atoms with Gasteiger partial charge < -0.3 is 15.2 Å². The van der Waals surface area contributed by atoms with E-state index in [2.05, 4.69) is 77.2 Å². The van der Waals surface area contributed by atoms with Gasteiger partial charge in [-0.2, -0.15) is 10.2 Å². The van der Waals surface area contributed by atoms with Crippen molar-refractivity contribution in [3.8, 4) is 5.75 Å². The normalized spacial score (nSPS) is 12.1. The summed E-state index contributed by atoms with van der Waals surface area (Å²) in [6.07, 6.45) is 30.4. The number of hydrogen-bond donors (Lipinski definition) is 2. The molecule has 0 spiro atoms. The molecule has 0 saturated carbocycles. The van der Waals surface area contributed by atoms with Crippen molar-refractivity contribution in [2.24, 2.45) is 10.2 Å². The minimum Gasteiger partial charge on any atom is -0.481 e. The predicted molar refractivity (Wildman–Crippen MR) is 190 cm³/mol. The molecule has 0 aliphatic carbocycles. The third-order valence-corrected chi connectivity index (χ3v) is 6.48. The van der Waals surface area contributed by atoms with Gasteiger partial charge in [-0.1, -0.05) is 79.8 Å². The van der Waals surface area contributed by atoms with Gasteiger partial charge in [0.15, 0.2) is 5.78 Å². The van der Waals surface area contributed by atoms with E-state index >= 15 is 0 Å². The summed E-state index contributed by atoms with van der Waals surface area (Å²) in [7, 11) is 0. The van der Waals surface area contributed by atoms with Gasteiger partial charge in [-0.05, 0) is 87.9 Å². The summed E-state index contributed by atoms with van der Waals surface area (Å²) < 4.78 is 5.44. The zero-order valence-electron chi connectivity index (χ0n) is 27.7. The lowest BCUT2D eigenvalue weighted by atomic mass is 10.1. The van der Waals surface area contributed by atoms with E-state index in [1.165, 1.54) is 19.1 Å². The Labute approximate surface area is 283 Å². The van der Waals surface area contributed by atoms with Gasteiger partial charge in [0.05, 0.1) is 29.8 Å². The summed E-state index contributed by atoms with van der Waals surface area (Å²) in [5.41, 5.74) is 1.41. The quantitative estimate of drug-likeness (QED) is 0.0454. The number of azo groups is 1. The molecule has 0 unspecified atom stereocenters. The number of allylic oxidation sites excluding steroid dienone is 11. The molecule has 0 saturated heterocycles. The fourth-order valence-corrected chi connectivity index (χ4v) is 3.99. The molecule has 2 aromatic rings. The first kappa shape index (κ1) is 38.7. The van der Waals surface area contributed by atoms with Crippen LogP contribution in [-0.2, 0) is 9.59 Å². The maximum Gasteiger partial charge on any atom is 0.315 e. The minimum absolute atomic E-state index is 0.0297. The van der Waals surface area contributed by atoms with E-state index in [1.54, 1.807) is 36.4 Å². The molecule has 9 heteroatoms. The summed E-state index contributed by atoms with van der Waals surface area (Å²) in [4.78, 5) is 47.3. The van der Waals surface area contributed by atoms with E-state index < -0.39 is 17.8 Å². The first-order valence-corrected chi connectivity index (χ1v) is 16.1. The maximum atomic E-state index is 12.4. The number of nitrogens with one attached hydrogen (secondary N) is 1. The van der Waals surface area contributed by atoms with E-state index in [-0.39, 0.29) is 36.5 Å². The van der Waals surface area contributed by atoms with Crippen LogP contribution in [0.15, 0.2) is 126 Å². The van der Waals surface area contributed by atoms with Crippen molar-refractivity contribution in [3.63, 3.8) is 0 Å². The Bertz CT molecular complexity index is 1550. The predicted octanol–water partition coefficient (Wildman–Crippen LogP) is 9.50. The van der Waals surface area contributed by atoms with E-state index in [4.69, 9.17) is 9.84 Å². The van der Waals surface area contributed by atoms with Crippen LogP contribution in [0.4, 0.5) is 11.4 Å². The van der Waals surface area contributed by atoms with Crippen LogP contribution >= 0.6 is 0 Å². The Balaban J connectivity index is 1.75. The number of esters is 1. The number of carbonyl (C=O) groups excluding carboxylic acids is 3. The Morgan fingerprint density at radius 1 is 0.708 bits per heavy atom. The number of aliphatic carboxylic acids is 1. The van der Waals surface area contributed by atoms with Crippen molar-refractivity contribution in [1.82, 2.24) is 5.32 Å². The maximum absolute atomic E-state index is 12.4. The molecule has 0 radical (unpaired) electrons. The highest BCUT2D eigenvalue weighted by molar-refractivity contribution is 5.98. The number of carboxylic acids is 1. The first-order valence-electron chi connectivity index (χ1n) is 16.1. The number of hydrogen-bond acceptors (Lipinski definition) is 7. The number of carbonyl (C=O) groups is 4. The zero-order valence-corrected chi connectivity index (χ0v) is 27.7. The molecule has 0 atom stereocenters. The van der Waals surface area contributed by atoms with Crippen molar-refractivity contribution in [2.75, 3.05) is 6.54 Å². The van der Waals surface area contributed by atoms with Gasteiger partial charge >= 0.3 is 11.9 Å². The third-order valence-electron chi connectivity index (χ3n) is 6.48. The first-order chi connectivity index (χ1) is 23.3. The summed E-state index contributed by atoms with van der Waals surface area (Å²) >= 11 is 0. The molecule has 2 aromatic carbocycles. The van der Waals surface area contributed by atoms with Crippen LogP contribution in [0.3, 0.4) is 0 Å². The Morgan fingerprint density at radius 3 is 1.73 bits per heavy atom. The molecule has 2 N–H and O–H groups in total. The van der Waals surface area contributed by atoms with Gasteiger partial charge in [-0.15, -0.1) is 0 Å². The number of ether oxygens (including phenoxy) is 1. The molecule has 9 nitrogen and oxygen atoms in total. The summed E-state index contributed by atoms with van der Waals surface area (Å²) in [6, 6.07) is 10.9. The monoisotopic (exact) mass is 651 g/mol. The highest BCUT2D eigenvalue weighted by Gasteiger charge is 2.13. The van der Waals surface area contributed by atoms with Gasteiger partial charge in [-0.25, -0.2) is 0 Å². The van der Waals surface area contributed by atoms with E-state index in [9.17, 15) is 19.2 Å². The minimum atomic E-state index is -0.994. The zero-order chi connectivity index (χ0) is 34.8. The van der Waals surface area contributed by atoms with Gasteiger partial charge in [0.1, 0.15) is 5.75 Å². The summed E-state index contributed by atoms with van der Waals surface area (Å²) in [5, 5.41) is 19.5. The topological polar surface area (TPSA) is 134 Å². The summed E-state index contributed by atoms with van der Waals surface area (Å²) in [5.74, 6) is -2.01. The molecule has 0 fully saturated rings. The number of benzene rings is 2. The standard InChI is InChI=1S/C39H45N3O6/c1-3-4-5-6-7-8-9-10-11-12-13-14-15-16-17-18-19-20-21-38(46)48-36-27-26-34(30-35(36)31(2)43)42-41-33-24-22-32(23-25-33)39(47)40-29-28-37(44)45/h4-5,7-8,10-11,13-14,16-17,19-20,22-27,30H,3,6,9,12,15,18,21,28-29H2,1-2H3,(H,40,47)(H,44,45). The second kappa shape index (κ2) is 23.8. The fourth-order valence-electron chi connectivity index (χ4n) is 3.99. The van der Waals surface area contributed by atoms with Crippen LogP contribution in [0.25, 0.3) is 0 Å². The van der Waals surface area contributed by atoms with Crippen molar-refractivity contribution in [2.45, 2.75) is 65.2 Å². The molecular weight excluding hydrogens is 606 g/mol. The smallest absolute Gasteiger partial charge is 0.315 e. The van der Waals surface area contributed by atoms with Crippen LogP contribution in [-0.4, -0.2) is 35.3 Å². The lowest BCUT2D eigenvalue weighted by molar-refractivity contribution is -0.137. The Kier molecular flexibility index (Phi) is 19.2. The molecule has 48 heavy (non-hydrogen) atoms. The molecule has 0 heterocycles. The Hall–Kier alpha value is -5.44. The SMILES string of the molecule is CCC=CCC=CCC=CCC=CCC=CCC=CCC(=O)Oc1ccc(N=Nc2ccc(C(=O)NCCC(=O)O)cc2)cc1C(C)=O. The van der Waals surface area contributed by atoms with Gasteiger partial charge in [0.25, 0.3) is 5.91 Å². The molecule has 0 aromatic heterocycles. The molecule has 0 aliphatic rings. The number of nitrogens with zero attached hydrogens (tertiary/aromatic N) is 2. The number of carboxylic acid groups (broad SMARTS) is 1. The lowest BCUT2D eigenvalue weighted by Crippen LogP contribution is -2.25. The van der Waals surface area contributed by atoms with Crippen LogP contribution in [0.5, 0.6) is 5.75 Å². The van der Waals surface area contributed by atoms with Crippen molar-refractivity contribution in [3.05, 3.63) is 127 Å². The van der Waals surface area contributed by atoms with Crippen LogP contribution in [0, 0.1) is 0 Å². The summed E-state index contributed by atoms with van der Waals surface area (Å²) in [6.45, 7) is 3.54. The molecule has 252 valence electrons. The lowest BCUT2D eigenvalue weighted by Gasteiger charge is -2.08. The van der Waals surface area contributed by atoms with E-state index in [1.807, 2.05) is 12.2 Å². The van der Waals surface area contributed by atoms with Crippen molar-refractivity contribution >= 4 is 35.0 Å². The van der Waals surface area contributed by atoms with Gasteiger partial charge in [0.2, 0.25) is 0 Å². The van der Waals surface area contributed by atoms with Crippen LogP contribution in [0.2, 0.25) is 0 Å². The van der Waals surface area contributed by atoms with Gasteiger partial charge in [-0.3, -0.25) is 19.2 Å². The van der Waals surface area contributed by atoms with Crippen LogP contribution < -0.4 is 10.1 Å². The number of Topliss-reactive ketones (excluding diaryl/α,β-unsaturated/α-hetero) is 1. The molecule has 2 rings (SSSR count). The largest absolute Gasteiger partial charge is 0.481 e. The van der Waals surface area contributed by atoms with E-state index in [0.29, 0.717) is 23.4 Å².